The number of carbonyl (C=O) groups is 2. The Balaban J connectivity index is 1.50. The van der Waals surface area contributed by atoms with Crippen LogP contribution in [0.15, 0.2) is 18.2 Å². The second-order valence-corrected chi connectivity index (χ2v) is 6.21. The maximum Gasteiger partial charge on any atom is 0.312 e. The van der Waals surface area contributed by atoms with Crippen LogP contribution in [0, 0.1) is 0 Å². The number of hydrogen-bond acceptors (Lipinski definition) is 6. The van der Waals surface area contributed by atoms with Gasteiger partial charge in [-0.15, -0.1) is 0 Å². The van der Waals surface area contributed by atoms with Crippen LogP contribution in [-0.2, 0) is 16.1 Å². The van der Waals surface area contributed by atoms with Crippen LogP contribution in [0.1, 0.15) is 5.56 Å². The van der Waals surface area contributed by atoms with Gasteiger partial charge >= 0.3 is 11.8 Å². The lowest BCUT2D eigenvalue weighted by molar-refractivity contribution is -0.152. The van der Waals surface area contributed by atoms with E-state index < -0.39 is 11.8 Å². The molecule has 8 heteroatoms. The first-order valence-corrected chi connectivity index (χ1v) is 8.34. The zero-order valence-corrected chi connectivity index (χ0v) is 14.3. The summed E-state index contributed by atoms with van der Waals surface area (Å²) in [6, 6.07) is 5.90. The number of fused-ring (bicyclic) bond motifs is 1. The van der Waals surface area contributed by atoms with Gasteiger partial charge in [0.25, 0.3) is 0 Å². The van der Waals surface area contributed by atoms with Crippen molar-refractivity contribution in [3.05, 3.63) is 23.8 Å². The molecule has 0 bridgehead atoms. The fourth-order valence-corrected chi connectivity index (χ4v) is 2.96. The number of aliphatic hydroxyl groups is 1. The lowest BCUT2D eigenvalue weighted by Crippen LogP contribution is -2.52. The Morgan fingerprint density at radius 3 is 2.60 bits per heavy atom. The van der Waals surface area contributed by atoms with Gasteiger partial charge in [-0.1, -0.05) is 6.07 Å². The van der Waals surface area contributed by atoms with Gasteiger partial charge in [-0.3, -0.25) is 14.5 Å². The predicted octanol–water partition coefficient (Wildman–Crippen LogP) is -0.490. The third-order valence-electron chi connectivity index (χ3n) is 4.47. The summed E-state index contributed by atoms with van der Waals surface area (Å²) in [5, 5.41) is 8.87. The molecule has 1 N–H and O–H groups in total. The van der Waals surface area contributed by atoms with Gasteiger partial charge in [0, 0.05) is 46.3 Å². The number of aliphatic hydroxyl groups excluding tert-OH is 1. The highest BCUT2D eigenvalue weighted by atomic mass is 16.7. The minimum absolute atomic E-state index is 0.154. The minimum Gasteiger partial charge on any atom is -0.454 e. The van der Waals surface area contributed by atoms with Crippen LogP contribution < -0.4 is 9.47 Å². The molecule has 25 heavy (non-hydrogen) atoms. The van der Waals surface area contributed by atoms with Gasteiger partial charge in [0.15, 0.2) is 11.5 Å². The quantitative estimate of drug-likeness (QED) is 0.739. The molecular formula is C17H23N3O5. The number of benzene rings is 1. The number of carbonyl (C=O) groups excluding carboxylic acids is 2. The van der Waals surface area contributed by atoms with Gasteiger partial charge in [0.1, 0.15) is 0 Å². The third kappa shape index (κ3) is 4.02. The van der Waals surface area contributed by atoms with E-state index >= 15 is 0 Å². The van der Waals surface area contributed by atoms with Gasteiger partial charge in [-0.2, -0.15) is 0 Å². The zero-order valence-electron chi connectivity index (χ0n) is 14.3. The molecule has 0 saturated carbocycles. The van der Waals surface area contributed by atoms with E-state index in [1.807, 2.05) is 18.2 Å². The number of nitrogens with zero attached hydrogens (tertiary/aromatic N) is 3. The number of ether oxygens (including phenoxy) is 2. The zero-order chi connectivity index (χ0) is 17.8. The molecule has 0 spiro atoms. The topological polar surface area (TPSA) is 82.6 Å². The average Bonchev–Trinajstić information content (AvgIpc) is 3.09. The van der Waals surface area contributed by atoms with E-state index in [1.54, 1.807) is 4.90 Å². The summed E-state index contributed by atoms with van der Waals surface area (Å²) in [6.07, 6.45) is 0. The number of rotatable bonds is 4. The molecule has 136 valence electrons. The molecule has 8 nitrogen and oxygen atoms in total. The van der Waals surface area contributed by atoms with Crippen LogP contribution in [0.4, 0.5) is 0 Å². The summed E-state index contributed by atoms with van der Waals surface area (Å²) in [7, 11) is 1.52. The first kappa shape index (κ1) is 17.5. The van der Waals surface area contributed by atoms with Crippen molar-refractivity contribution in [3.8, 4) is 11.5 Å². The highest BCUT2D eigenvalue weighted by molar-refractivity contribution is 6.34. The summed E-state index contributed by atoms with van der Waals surface area (Å²) in [6.45, 7) is 3.47. The Labute approximate surface area is 146 Å². The molecule has 0 aromatic heterocycles. The second kappa shape index (κ2) is 7.71. The lowest BCUT2D eigenvalue weighted by atomic mass is 10.1. The second-order valence-electron chi connectivity index (χ2n) is 6.21. The van der Waals surface area contributed by atoms with Gasteiger partial charge in [0.05, 0.1) is 6.61 Å². The van der Waals surface area contributed by atoms with Crippen LogP contribution >= 0.6 is 0 Å². The summed E-state index contributed by atoms with van der Waals surface area (Å²) in [5.74, 6) is 0.463. The Bertz CT molecular complexity index is 643. The number of amides is 2. The van der Waals surface area contributed by atoms with Crippen molar-refractivity contribution in [3.63, 3.8) is 0 Å². The molecule has 0 radical (unpaired) electrons. The minimum atomic E-state index is -0.571. The highest BCUT2D eigenvalue weighted by Crippen LogP contribution is 2.32. The van der Waals surface area contributed by atoms with Crippen LogP contribution in [0.2, 0.25) is 0 Å². The Kier molecular flexibility index (Phi) is 5.40. The van der Waals surface area contributed by atoms with Crippen molar-refractivity contribution in [1.29, 1.82) is 0 Å². The molecule has 1 aromatic rings. The van der Waals surface area contributed by atoms with E-state index in [1.165, 1.54) is 11.9 Å². The summed E-state index contributed by atoms with van der Waals surface area (Å²) in [4.78, 5) is 29.3. The fraction of sp³-hybridized carbons (Fsp3) is 0.529. The average molecular weight is 349 g/mol. The summed E-state index contributed by atoms with van der Waals surface area (Å²) >= 11 is 0. The largest absolute Gasteiger partial charge is 0.454 e. The molecule has 1 fully saturated rings. The van der Waals surface area contributed by atoms with Gasteiger partial charge in [-0.25, -0.2) is 0 Å². The van der Waals surface area contributed by atoms with E-state index in [0.717, 1.165) is 23.6 Å². The Hall–Kier alpha value is -2.32. The fourth-order valence-electron chi connectivity index (χ4n) is 2.96. The van der Waals surface area contributed by atoms with Gasteiger partial charge in [-0.05, 0) is 17.7 Å². The SMILES string of the molecule is CN(CCO)C(=O)C(=O)N1CCN(Cc2ccc3c(c2)OCO3)CC1. The number of likely N-dealkylation sites (N-methyl/N-ethyl adjacent to an activating group) is 1. The monoisotopic (exact) mass is 349 g/mol. The van der Waals surface area contributed by atoms with Gasteiger partial charge < -0.3 is 24.4 Å². The van der Waals surface area contributed by atoms with Crippen molar-refractivity contribution in [2.75, 3.05) is 53.2 Å². The van der Waals surface area contributed by atoms with Crippen LogP contribution in [-0.4, -0.2) is 84.8 Å². The van der Waals surface area contributed by atoms with Crippen LogP contribution in [0.3, 0.4) is 0 Å². The molecule has 0 atom stereocenters. The molecule has 0 unspecified atom stereocenters. The lowest BCUT2D eigenvalue weighted by Gasteiger charge is -2.35. The van der Waals surface area contributed by atoms with Crippen molar-refractivity contribution < 1.29 is 24.2 Å². The van der Waals surface area contributed by atoms with Gasteiger partial charge in [0.2, 0.25) is 6.79 Å². The van der Waals surface area contributed by atoms with Crippen molar-refractivity contribution in [2.45, 2.75) is 6.54 Å². The summed E-state index contributed by atoms with van der Waals surface area (Å²) < 4.78 is 10.7. The molecule has 2 aliphatic rings. The standard InChI is InChI=1S/C17H23N3O5/c1-18(8-9-21)16(22)17(23)20-6-4-19(5-7-20)11-13-2-3-14-15(10-13)25-12-24-14/h2-3,10,21H,4-9,11-12H2,1H3. The molecule has 0 aliphatic carbocycles. The van der Waals surface area contributed by atoms with E-state index in [-0.39, 0.29) is 19.9 Å². The molecule has 2 amide bonds. The normalized spacial score (nSPS) is 16.8. The molecule has 2 aliphatic heterocycles. The third-order valence-corrected chi connectivity index (χ3v) is 4.47. The molecular weight excluding hydrogens is 326 g/mol. The molecule has 2 heterocycles. The maximum absolute atomic E-state index is 12.2. The van der Waals surface area contributed by atoms with Crippen LogP contribution in [0.5, 0.6) is 11.5 Å². The van der Waals surface area contributed by atoms with E-state index in [9.17, 15) is 9.59 Å². The predicted molar refractivity (Wildman–Crippen MR) is 89.1 cm³/mol. The molecule has 1 aromatic carbocycles. The van der Waals surface area contributed by atoms with Crippen molar-refractivity contribution >= 4 is 11.8 Å². The molecule has 3 rings (SSSR count). The van der Waals surface area contributed by atoms with Crippen molar-refractivity contribution in [2.24, 2.45) is 0 Å². The first-order valence-electron chi connectivity index (χ1n) is 8.34. The van der Waals surface area contributed by atoms with Crippen molar-refractivity contribution in [1.82, 2.24) is 14.7 Å². The number of hydrogen-bond donors (Lipinski definition) is 1. The Morgan fingerprint density at radius 1 is 1.16 bits per heavy atom. The number of piperazine rings is 1. The van der Waals surface area contributed by atoms with E-state index in [4.69, 9.17) is 14.6 Å². The van der Waals surface area contributed by atoms with E-state index in [0.29, 0.717) is 26.2 Å². The Morgan fingerprint density at radius 2 is 1.88 bits per heavy atom. The first-order chi connectivity index (χ1) is 12.1. The summed E-state index contributed by atoms with van der Waals surface area (Å²) in [5.41, 5.74) is 1.13. The smallest absolute Gasteiger partial charge is 0.312 e. The molecule has 1 saturated heterocycles. The van der Waals surface area contributed by atoms with E-state index in [2.05, 4.69) is 4.90 Å². The maximum atomic E-state index is 12.2. The highest BCUT2D eigenvalue weighted by Gasteiger charge is 2.28. The van der Waals surface area contributed by atoms with Crippen LogP contribution in [0.25, 0.3) is 0 Å².